The van der Waals surface area contributed by atoms with Crippen LogP contribution in [0.5, 0.6) is 17.2 Å². The molecular formula is C21H25NO6. The van der Waals surface area contributed by atoms with Gasteiger partial charge in [0.1, 0.15) is 5.75 Å². The molecule has 150 valence electrons. The number of hydrogen-bond acceptors (Lipinski definition) is 5. The zero-order valence-electron chi connectivity index (χ0n) is 16.2. The number of amides is 1. The van der Waals surface area contributed by atoms with E-state index in [1.54, 1.807) is 26.2 Å². The van der Waals surface area contributed by atoms with Gasteiger partial charge in [0.25, 0.3) is 5.91 Å². The number of carbonyl (C=O) groups is 2. The summed E-state index contributed by atoms with van der Waals surface area (Å²) in [4.78, 5) is 23.3. The van der Waals surface area contributed by atoms with Crippen LogP contribution in [0.3, 0.4) is 0 Å². The molecule has 0 saturated carbocycles. The zero-order chi connectivity index (χ0) is 20.5. The van der Waals surface area contributed by atoms with Crippen molar-refractivity contribution in [2.24, 2.45) is 0 Å². The van der Waals surface area contributed by atoms with Crippen LogP contribution in [0.25, 0.3) is 0 Å². The van der Waals surface area contributed by atoms with Gasteiger partial charge in [-0.1, -0.05) is 12.1 Å². The Balaban J connectivity index is 2.05. The number of rotatable bonds is 10. The SMILES string of the molecule is CCOc1cc(C(=O)NC(C)Cc2cccc(OC)c2)ccc1OCC(=O)O. The fourth-order valence-corrected chi connectivity index (χ4v) is 2.69. The van der Waals surface area contributed by atoms with Crippen LogP contribution in [0, 0.1) is 0 Å². The third kappa shape index (κ3) is 6.19. The van der Waals surface area contributed by atoms with Crippen molar-refractivity contribution in [2.45, 2.75) is 26.3 Å². The van der Waals surface area contributed by atoms with E-state index in [0.717, 1.165) is 11.3 Å². The third-order valence-corrected chi connectivity index (χ3v) is 3.91. The molecule has 0 saturated heterocycles. The Hall–Kier alpha value is -3.22. The van der Waals surface area contributed by atoms with E-state index in [-0.39, 0.29) is 17.7 Å². The maximum absolute atomic E-state index is 12.6. The van der Waals surface area contributed by atoms with Gasteiger partial charge in [-0.3, -0.25) is 4.79 Å². The average molecular weight is 387 g/mol. The molecule has 0 aromatic heterocycles. The second-order valence-electron chi connectivity index (χ2n) is 6.21. The molecule has 0 spiro atoms. The van der Waals surface area contributed by atoms with Gasteiger partial charge in [-0.2, -0.15) is 0 Å². The minimum absolute atomic E-state index is 0.0990. The van der Waals surface area contributed by atoms with Gasteiger partial charge in [0.15, 0.2) is 18.1 Å². The molecule has 2 rings (SSSR count). The first kappa shape index (κ1) is 21.1. The van der Waals surface area contributed by atoms with Crippen LogP contribution in [-0.2, 0) is 11.2 Å². The number of ether oxygens (including phenoxy) is 3. The fourth-order valence-electron chi connectivity index (χ4n) is 2.69. The van der Waals surface area contributed by atoms with Crippen LogP contribution < -0.4 is 19.5 Å². The van der Waals surface area contributed by atoms with E-state index in [1.165, 1.54) is 6.07 Å². The molecule has 0 fully saturated rings. The van der Waals surface area contributed by atoms with Crippen molar-refractivity contribution in [3.63, 3.8) is 0 Å². The summed E-state index contributed by atoms with van der Waals surface area (Å²) in [5.74, 6) is 0.0492. The molecule has 0 aliphatic heterocycles. The van der Waals surface area contributed by atoms with Crippen molar-refractivity contribution >= 4 is 11.9 Å². The van der Waals surface area contributed by atoms with Gasteiger partial charge in [0.05, 0.1) is 13.7 Å². The summed E-state index contributed by atoms with van der Waals surface area (Å²) in [5, 5.41) is 11.7. The predicted octanol–water partition coefficient (Wildman–Crippen LogP) is 2.92. The zero-order valence-corrected chi connectivity index (χ0v) is 16.2. The van der Waals surface area contributed by atoms with Crippen molar-refractivity contribution < 1.29 is 28.9 Å². The topological polar surface area (TPSA) is 94.1 Å². The van der Waals surface area contributed by atoms with Crippen LogP contribution in [-0.4, -0.2) is 43.3 Å². The Morgan fingerprint density at radius 1 is 1.11 bits per heavy atom. The quantitative estimate of drug-likeness (QED) is 0.651. The van der Waals surface area contributed by atoms with E-state index < -0.39 is 12.6 Å². The van der Waals surface area contributed by atoms with Crippen molar-refractivity contribution in [1.29, 1.82) is 0 Å². The Labute approximate surface area is 164 Å². The van der Waals surface area contributed by atoms with Gasteiger partial charge in [0.2, 0.25) is 0 Å². The molecule has 28 heavy (non-hydrogen) atoms. The van der Waals surface area contributed by atoms with Crippen molar-refractivity contribution in [2.75, 3.05) is 20.3 Å². The Morgan fingerprint density at radius 3 is 2.57 bits per heavy atom. The Bertz CT molecular complexity index is 820. The predicted molar refractivity (Wildman–Crippen MR) is 104 cm³/mol. The maximum Gasteiger partial charge on any atom is 0.341 e. The number of carbonyl (C=O) groups excluding carboxylic acids is 1. The monoisotopic (exact) mass is 387 g/mol. The van der Waals surface area contributed by atoms with Crippen LogP contribution in [0.15, 0.2) is 42.5 Å². The van der Waals surface area contributed by atoms with Gasteiger partial charge < -0.3 is 24.6 Å². The summed E-state index contributed by atoms with van der Waals surface area (Å²) in [5.41, 5.74) is 1.46. The van der Waals surface area contributed by atoms with Crippen LogP contribution >= 0.6 is 0 Å². The minimum Gasteiger partial charge on any atom is -0.497 e. The summed E-state index contributed by atoms with van der Waals surface area (Å²) in [6.45, 7) is 3.60. The molecular weight excluding hydrogens is 362 g/mol. The molecule has 1 atom stereocenters. The van der Waals surface area contributed by atoms with Crippen LogP contribution in [0.2, 0.25) is 0 Å². The average Bonchev–Trinajstić information content (AvgIpc) is 2.67. The highest BCUT2D eigenvalue weighted by molar-refractivity contribution is 5.95. The van der Waals surface area contributed by atoms with Crippen LogP contribution in [0.1, 0.15) is 29.8 Å². The number of hydrogen-bond donors (Lipinski definition) is 2. The normalized spacial score (nSPS) is 11.4. The number of carboxylic acid groups (broad SMARTS) is 1. The van der Waals surface area contributed by atoms with Gasteiger partial charge in [-0.05, 0) is 56.2 Å². The van der Waals surface area contributed by atoms with Crippen molar-refractivity contribution in [1.82, 2.24) is 5.32 Å². The molecule has 0 aliphatic carbocycles. The van der Waals surface area contributed by atoms with Gasteiger partial charge in [-0.25, -0.2) is 4.79 Å². The number of aliphatic carboxylic acids is 1. The lowest BCUT2D eigenvalue weighted by Crippen LogP contribution is -2.34. The second kappa shape index (κ2) is 10.2. The summed E-state index contributed by atoms with van der Waals surface area (Å²) in [6, 6.07) is 12.3. The van der Waals surface area contributed by atoms with Crippen molar-refractivity contribution in [3.05, 3.63) is 53.6 Å². The molecule has 0 radical (unpaired) electrons. The number of nitrogens with one attached hydrogen (secondary N) is 1. The lowest BCUT2D eigenvalue weighted by atomic mass is 10.1. The van der Waals surface area contributed by atoms with E-state index in [2.05, 4.69) is 5.32 Å². The summed E-state index contributed by atoms with van der Waals surface area (Å²) in [6.07, 6.45) is 0.654. The first-order valence-electron chi connectivity index (χ1n) is 8.98. The number of methoxy groups -OCH3 is 1. The first-order chi connectivity index (χ1) is 13.4. The molecule has 7 heteroatoms. The summed E-state index contributed by atoms with van der Waals surface area (Å²) < 4.78 is 15.9. The molecule has 7 nitrogen and oxygen atoms in total. The van der Waals surface area contributed by atoms with E-state index in [9.17, 15) is 9.59 Å². The molecule has 2 N–H and O–H groups in total. The van der Waals surface area contributed by atoms with Gasteiger partial charge in [0, 0.05) is 11.6 Å². The highest BCUT2D eigenvalue weighted by Crippen LogP contribution is 2.28. The third-order valence-electron chi connectivity index (χ3n) is 3.91. The smallest absolute Gasteiger partial charge is 0.341 e. The van der Waals surface area contributed by atoms with E-state index in [1.807, 2.05) is 31.2 Å². The Morgan fingerprint density at radius 2 is 1.89 bits per heavy atom. The highest BCUT2D eigenvalue weighted by atomic mass is 16.5. The molecule has 2 aromatic carbocycles. The molecule has 0 bridgehead atoms. The second-order valence-corrected chi connectivity index (χ2v) is 6.21. The summed E-state index contributed by atoms with van der Waals surface area (Å²) >= 11 is 0. The van der Waals surface area contributed by atoms with Crippen LogP contribution in [0.4, 0.5) is 0 Å². The molecule has 1 amide bonds. The van der Waals surface area contributed by atoms with E-state index in [4.69, 9.17) is 19.3 Å². The van der Waals surface area contributed by atoms with E-state index >= 15 is 0 Å². The molecule has 0 heterocycles. The van der Waals surface area contributed by atoms with Gasteiger partial charge >= 0.3 is 5.97 Å². The lowest BCUT2D eigenvalue weighted by Gasteiger charge is -2.16. The van der Waals surface area contributed by atoms with E-state index in [0.29, 0.717) is 24.3 Å². The summed E-state index contributed by atoms with van der Waals surface area (Å²) in [7, 11) is 1.62. The highest BCUT2D eigenvalue weighted by Gasteiger charge is 2.15. The maximum atomic E-state index is 12.6. The standard InChI is InChI=1S/C21H25NO6/c1-4-27-19-12-16(8-9-18(19)28-13-20(23)24)21(25)22-14(2)10-15-6-5-7-17(11-15)26-3/h5-9,11-12,14H,4,10,13H2,1-3H3,(H,22,25)(H,23,24). The lowest BCUT2D eigenvalue weighted by molar-refractivity contribution is -0.139. The van der Waals surface area contributed by atoms with Gasteiger partial charge in [-0.15, -0.1) is 0 Å². The number of carboxylic acids is 1. The minimum atomic E-state index is -1.09. The van der Waals surface area contributed by atoms with Crippen molar-refractivity contribution in [3.8, 4) is 17.2 Å². The number of benzene rings is 2. The Kier molecular flexibility index (Phi) is 7.68. The fraction of sp³-hybridized carbons (Fsp3) is 0.333. The first-order valence-corrected chi connectivity index (χ1v) is 8.98. The molecule has 2 aromatic rings. The molecule has 1 unspecified atom stereocenters. The molecule has 0 aliphatic rings. The largest absolute Gasteiger partial charge is 0.497 e.